The molecule has 6 nitrogen and oxygen atoms in total. The van der Waals surface area contributed by atoms with E-state index in [1.54, 1.807) is 29.3 Å². The van der Waals surface area contributed by atoms with E-state index in [1.807, 2.05) is 12.1 Å². The number of hydrogen-bond donors (Lipinski definition) is 2. The third kappa shape index (κ3) is 3.37. The third-order valence-electron chi connectivity index (χ3n) is 4.04. The third-order valence-corrected chi connectivity index (χ3v) is 4.04. The Morgan fingerprint density at radius 1 is 1.39 bits per heavy atom. The largest absolute Gasteiger partial charge is 0.317 e. The number of halogens is 2. The van der Waals surface area contributed by atoms with Gasteiger partial charge in [-0.3, -0.25) is 14.5 Å². The van der Waals surface area contributed by atoms with Crippen molar-refractivity contribution in [2.45, 2.75) is 31.4 Å². The molecule has 1 fully saturated rings. The van der Waals surface area contributed by atoms with E-state index in [2.05, 4.69) is 15.4 Å². The normalized spacial score (nSPS) is 23.6. The molecule has 0 radical (unpaired) electrons. The van der Waals surface area contributed by atoms with Gasteiger partial charge >= 0.3 is 0 Å². The molecule has 3 rings (SSSR count). The van der Waals surface area contributed by atoms with Gasteiger partial charge in [0.1, 0.15) is 0 Å². The van der Waals surface area contributed by atoms with Crippen molar-refractivity contribution in [2.75, 3.05) is 5.32 Å². The second-order valence-corrected chi connectivity index (χ2v) is 5.87. The molecule has 2 aromatic rings. The molecule has 8 heteroatoms. The minimum absolute atomic E-state index is 0.00573. The Hall–Kier alpha value is -2.35. The highest BCUT2D eigenvalue weighted by atomic mass is 19.3. The number of pyridine rings is 1. The molecule has 122 valence electrons. The monoisotopic (exact) mass is 321 g/mol. The number of nitrogens with two attached hydrogens (primary N) is 1. The Balaban J connectivity index is 1.58. The van der Waals surface area contributed by atoms with Crippen LogP contribution in [-0.2, 0) is 11.3 Å². The van der Waals surface area contributed by atoms with Gasteiger partial charge in [0.2, 0.25) is 12.3 Å². The van der Waals surface area contributed by atoms with Crippen molar-refractivity contribution in [1.82, 2.24) is 14.8 Å². The Morgan fingerprint density at radius 3 is 2.74 bits per heavy atom. The zero-order valence-electron chi connectivity index (χ0n) is 12.3. The molecule has 2 aromatic heterocycles. The molecule has 23 heavy (non-hydrogen) atoms. The van der Waals surface area contributed by atoms with Crippen molar-refractivity contribution >= 4 is 11.7 Å². The van der Waals surface area contributed by atoms with E-state index in [0.717, 1.165) is 5.56 Å². The van der Waals surface area contributed by atoms with Gasteiger partial charge in [0.25, 0.3) is 0 Å². The maximum Gasteiger partial charge on any atom is 0.245 e. The summed E-state index contributed by atoms with van der Waals surface area (Å²) in [4.78, 5) is 16.1. The molecule has 0 unspecified atom stereocenters. The molecular weight excluding hydrogens is 304 g/mol. The highest BCUT2D eigenvalue weighted by Crippen LogP contribution is 2.40. The number of carbonyl (C=O) groups excluding carboxylic acids is 1. The van der Waals surface area contributed by atoms with Crippen LogP contribution in [0, 0.1) is 5.92 Å². The fraction of sp³-hybridized carbons (Fsp3) is 0.400. The molecule has 1 saturated carbocycles. The topological polar surface area (TPSA) is 85.8 Å². The van der Waals surface area contributed by atoms with Gasteiger partial charge < -0.3 is 11.1 Å². The fourth-order valence-corrected chi connectivity index (χ4v) is 2.67. The van der Waals surface area contributed by atoms with E-state index in [9.17, 15) is 13.6 Å². The summed E-state index contributed by atoms with van der Waals surface area (Å²) in [6.45, 7) is 0.541. The van der Waals surface area contributed by atoms with Gasteiger partial charge in [-0.25, -0.2) is 8.78 Å². The lowest BCUT2D eigenvalue weighted by Crippen LogP contribution is -2.61. The molecule has 1 amide bonds. The summed E-state index contributed by atoms with van der Waals surface area (Å²) in [5.41, 5.74) is 5.66. The van der Waals surface area contributed by atoms with E-state index < -0.39 is 23.8 Å². The molecule has 0 saturated heterocycles. The fourth-order valence-electron chi connectivity index (χ4n) is 2.67. The average molecular weight is 321 g/mol. The van der Waals surface area contributed by atoms with Gasteiger partial charge in [-0.15, -0.1) is 0 Å². The van der Waals surface area contributed by atoms with Gasteiger partial charge in [0.15, 0.2) is 5.82 Å². The quantitative estimate of drug-likeness (QED) is 0.876. The number of rotatable bonds is 5. The standard InChI is InChI=1S/C15H17F2N5O/c16-13(17)11-7-15(18,8-11)14(23)20-12-3-6-22(21-12)9-10-1-4-19-5-2-10/h1-6,11,13H,7-9,18H2,(H,20,21,23). The number of nitrogens with one attached hydrogen (secondary N) is 1. The second-order valence-electron chi connectivity index (χ2n) is 5.87. The summed E-state index contributed by atoms with van der Waals surface area (Å²) in [7, 11) is 0. The van der Waals surface area contributed by atoms with Gasteiger partial charge in [-0.2, -0.15) is 5.10 Å². The summed E-state index contributed by atoms with van der Waals surface area (Å²) < 4.78 is 26.7. The minimum Gasteiger partial charge on any atom is -0.317 e. The van der Waals surface area contributed by atoms with Crippen LogP contribution in [0.25, 0.3) is 0 Å². The van der Waals surface area contributed by atoms with Crippen LogP contribution < -0.4 is 11.1 Å². The Bertz CT molecular complexity index is 682. The number of anilines is 1. The number of carbonyl (C=O) groups is 1. The zero-order valence-corrected chi connectivity index (χ0v) is 12.3. The van der Waals surface area contributed by atoms with Crippen LogP contribution in [0.15, 0.2) is 36.8 Å². The SMILES string of the molecule is NC1(C(=O)Nc2ccn(Cc3ccncc3)n2)CC(C(F)F)C1. The van der Waals surface area contributed by atoms with E-state index in [-0.39, 0.29) is 12.8 Å². The highest BCUT2D eigenvalue weighted by Gasteiger charge is 2.50. The number of amides is 1. The summed E-state index contributed by atoms with van der Waals surface area (Å²) in [6, 6.07) is 5.38. The predicted octanol–water partition coefficient (Wildman–Crippen LogP) is 1.64. The Labute approximate surface area is 131 Å². The van der Waals surface area contributed by atoms with Gasteiger partial charge in [-0.05, 0) is 30.5 Å². The number of nitrogens with zero attached hydrogens (tertiary/aromatic N) is 3. The second kappa shape index (κ2) is 6.04. The summed E-state index contributed by atoms with van der Waals surface area (Å²) in [5, 5.41) is 6.83. The average Bonchev–Trinajstić information content (AvgIpc) is 2.91. The van der Waals surface area contributed by atoms with Crippen molar-refractivity contribution in [3.8, 4) is 0 Å². The molecule has 0 spiro atoms. The van der Waals surface area contributed by atoms with Crippen LogP contribution in [0.4, 0.5) is 14.6 Å². The maximum atomic E-state index is 12.5. The van der Waals surface area contributed by atoms with Crippen LogP contribution in [0.1, 0.15) is 18.4 Å². The lowest BCUT2D eigenvalue weighted by atomic mass is 9.68. The van der Waals surface area contributed by atoms with Crippen LogP contribution in [0.2, 0.25) is 0 Å². The first-order valence-electron chi connectivity index (χ1n) is 7.27. The molecule has 0 aromatic carbocycles. The molecule has 0 bridgehead atoms. The maximum absolute atomic E-state index is 12.5. The lowest BCUT2D eigenvalue weighted by Gasteiger charge is -2.42. The molecule has 3 N–H and O–H groups in total. The smallest absolute Gasteiger partial charge is 0.245 e. The number of aromatic nitrogens is 3. The summed E-state index contributed by atoms with van der Waals surface area (Å²) in [6.07, 6.45) is 2.66. The van der Waals surface area contributed by atoms with E-state index in [1.165, 1.54) is 0 Å². The van der Waals surface area contributed by atoms with Crippen molar-refractivity contribution in [3.63, 3.8) is 0 Å². The summed E-state index contributed by atoms with van der Waals surface area (Å²) in [5.74, 6) is -0.909. The van der Waals surface area contributed by atoms with Crippen LogP contribution >= 0.6 is 0 Å². The van der Waals surface area contributed by atoms with Gasteiger partial charge in [-0.1, -0.05) is 0 Å². The predicted molar refractivity (Wildman–Crippen MR) is 79.8 cm³/mol. The number of alkyl halides is 2. The molecule has 1 aliphatic rings. The van der Waals surface area contributed by atoms with Gasteiger partial charge in [0.05, 0.1) is 12.1 Å². The first-order valence-corrected chi connectivity index (χ1v) is 7.27. The molecule has 0 aliphatic heterocycles. The Kier molecular flexibility index (Phi) is 4.08. The minimum atomic E-state index is -2.43. The molecular formula is C15H17F2N5O. The van der Waals surface area contributed by atoms with Crippen molar-refractivity contribution in [2.24, 2.45) is 11.7 Å². The zero-order chi connectivity index (χ0) is 16.4. The van der Waals surface area contributed by atoms with E-state index in [0.29, 0.717) is 12.4 Å². The van der Waals surface area contributed by atoms with E-state index >= 15 is 0 Å². The molecule has 0 atom stereocenters. The van der Waals surface area contributed by atoms with Crippen molar-refractivity contribution in [1.29, 1.82) is 0 Å². The Morgan fingerprint density at radius 2 is 2.09 bits per heavy atom. The van der Waals surface area contributed by atoms with Gasteiger partial charge in [0, 0.05) is 30.6 Å². The number of hydrogen-bond acceptors (Lipinski definition) is 4. The van der Waals surface area contributed by atoms with Crippen LogP contribution in [0.5, 0.6) is 0 Å². The summed E-state index contributed by atoms with van der Waals surface area (Å²) >= 11 is 0. The van der Waals surface area contributed by atoms with Crippen molar-refractivity contribution in [3.05, 3.63) is 42.4 Å². The van der Waals surface area contributed by atoms with E-state index in [4.69, 9.17) is 5.73 Å². The molecule has 2 heterocycles. The van der Waals surface area contributed by atoms with Crippen molar-refractivity contribution < 1.29 is 13.6 Å². The molecule has 1 aliphatic carbocycles. The first kappa shape index (κ1) is 15.5. The highest BCUT2D eigenvalue weighted by molar-refractivity contribution is 5.98. The first-order chi connectivity index (χ1) is 11.0. The van der Waals surface area contributed by atoms with Crippen LogP contribution in [0.3, 0.4) is 0 Å². The van der Waals surface area contributed by atoms with Crippen LogP contribution in [-0.4, -0.2) is 32.6 Å². The lowest BCUT2D eigenvalue weighted by molar-refractivity contribution is -0.129.